The second kappa shape index (κ2) is 11.0. The third-order valence-corrected chi connectivity index (χ3v) is 7.14. The molecule has 37 heavy (non-hydrogen) atoms. The molecule has 1 amide bonds. The number of hydrogen-bond donors (Lipinski definition) is 0. The minimum atomic E-state index is 0.0965. The van der Waals surface area contributed by atoms with E-state index >= 15 is 0 Å². The van der Waals surface area contributed by atoms with Crippen LogP contribution in [0.4, 0.5) is 5.82 Å². The maximum absolute atomic E-state index is 13.4. The summed E-state index contributed by atoms with van der Waals surface area (Å²) in [5, 5.41) is 2.24. The molecule has 0 N–H and O–H groups in total. The zero-order valence-corrected chi connectivity index (χ0v) is 21.9. The summed E-state index contributed by atoms with van der Waals surface area (Å²) >= 11 is 0. The fraction of sp³-hybridized carbons (Fsp3) is 0.323. The fourth-order valence-electron chi connectivity index (χ4n) is 5.16. The number of anilines is 1. The minimum Gasteiger partial charge on any atom is -0.497 e. The van der Waals surface area contributed by atoms with Crippen molar-refractivity contribution >= 4 is 22.5 Å². The summed E-state index contributed by atoms with van der Waals surface area (Å²) in [4.78, 5) is 27.5. The average Bonchev–Trinajstić information content (AvgIpc) is 3.20. The summed E-state index contributed by atoms with van der Waals surface area (Å²) in [6.07, 6.45) is 2.51. The molecule has 0 saturated carbocycles. The first-order valence-electron chi connectivity index (χ1n) is 13.1. The van der Waals surface area contributed by atoms with E-state index in [1.165, 1.54) is 11.1 Å². The highest BCUT2D eigenvalue weighted by Gasteiger charge is 2.24. The molecule has 0 spiro atoms. The first kappa shape index (κ1) is 24.8. The van der Waals surface area contributed by atoms with Crippen LogP contribution in [0.15, 0.2) is 66.7 Å². The second-order valence-electron chi connectivity index (χ2n) is 9.59. The lowest BCUT2D eigenvalue weighted by Crippen LogP contribution is -2.35. The summed E-state index contributed by atoms with van der Waals surface area (Å²) < 4.78 is 5.33. The van der Waals surface area contributed by atoms with Crippen LogP contribution in [-0.2, 0) is 12.8 Å². The van der Waals surface area contributed by atoms with Gasteiger partial charge in [0.25, 0.3) is 5.91 Å². The molecule has 5 rings (SSSR count). The van der Waals surface area contributed by atoms with Crippen molar-refractivity contribution in [2.24, 2.45) is 0 Å². The lowest BCUT2D eigenvalue weighted by atomic mass is 10.0. The van der Waals surface area contributed by atoms with E-state index < -0.39 is 0 Å². The Morgan fingerprint density at radius 1 is 0.919 bits per heavy atom. The van der Waals surface area contributed by atoms with Crippen LogP contribution in [0.3, 0.4) is 0 Å². The Morgan fingerprint density at radius 2 is 1.70 bits per heavy atom. The van der Waals surface area contributed by atoms with Crippen molar-refractivity contribution in [2.45, 2.75) is 33.1 Å². The minimum absolute atomic E-state index is 0.0965. The Balaban J connectivity index is 1.38. The number of nitrogens with zero attached hydrogens (tertiary/aromatic N) is 4. The van der Waals surface area contributed by atoms with Gasteiger partial charge in [0.2, 0.25) is 0 Å². The SMILES string of the molecule is CCc1nc(C)nc(N2CCCN(C(=O)c3ccc4ccccc4c3)CC2)c1Cc1ccc(OC)cc1. The highest BCUT2D eigenvalue weighted by Crippen LogP contribution is 2.27. The van der Waals surface area contributed by atoms with Crippen LogP contribution in [0.25, 0.3) is 10.8 Å². The average molecular weight is 495 g/mol. The van der Waals surface area contributed by atoms with Gasteiger partial charge in [0, 0.05) is 49.4 Å². The van der Waals surface area contributed by atoms with Crippen LogP contribution in [0.1, 0.15) is 46.3 Å². The van der Waals surface area contributed by atoms with Gasteiger partial charge in [-0.1, -0.05) is 49.4 Å². The molecule has 0 unspecified atom stereocenters. The standard InChI is InChI=1S/C31H34N4O2/c1-4-29-28(20-23-10-14-27(37-3)15-11-23)30(33-22(2)32-29)34-16-7-17-35(19-18-34)31(36)26-13-12-24-8-5-6-9-25(24)21-26/h5-6,8-15,21H,4,7,16-20H2,1-3H3. The Kier molecular flexibility index (Phi) is 7.35. The Bertz CT molecular complexity index is 1400. The van der Waals surface area contributed by atoms with Gasteiger partial charge in [-0.2, -0.15) is 0 Å². The predicted octanol–water partition coefficient (Wildman–Crippen LogP) is 5.45. The Morgan fingerprint density at radius 3 is 2.46 bits per heavy atom. The van der Waals surface area contributed by atoms with Crippen LogP contribution in [0.2, 0.25) is 0 Å². The maximum atomic E-state index is 13.4. The normalized spacial score (nSPS) is 14.0. The van der Waals surface area contributed by atoms with Gasteiger partial charge in [0.15, 0.2) is 0 Å². The molecule has 0 atom stereocenters. The molecule has 3 aromatic carbocycles. The van der Waals surface area contributed by atoms with Gasteiger partial charge < -0.3 is 14.5 Å². The zero-order valence-electron chi connectivity index (χ0n) is 21.9. The molecule has 1 aromatic heterocycles. The third kappa shape index (κ3) is 5.43. The van der Waals surface area contributed by atoms with Crippen LogP contribution in [0.5, 0.6) is 5.75 Å². The molecular weight excluding hydrogens is 460 g/mol. The summed E-state index contributed by atoms with van der Waals surface area (Å²) in [7, 11) is 1.68. The smallest absolute Gasteiger partial charge is 0.253 e. The largest absolute Gasteiger partial charge is 0.497 e. The number of fused-ring (bicyclic) bond motifs is 1. The van der Waals surface area contributed by atoms with Gasteiger partial charge in [-0.05, 0) is 60.4 Å². The topological polar surface area (TPSA) is 58.6 Å². The number of carbonyl (C=O) groups excluding carboxylic acids is 1. The summed E-state index contributed by atoms with van der Waals surface area (Å²) in [5.74, 6) is 2.74. The quantitative estimate of drug-likeness (QED) is 0.357. The monoisotopic (exact) mass is 494 g/mol. The van der Waals surface area contributed by atoms with Crippen LogP contribution < -0.4 is 9.64 Å². The molecule has 0 radical (unpaired) electrons. The van der Waals surface area contributed by atoms with Crippen molar-refractivity contribution in [1.82, 2.24) is 14.9 Å². The lowest BCUT2D eigenvalue weighted by Gasteiger charge is -2.26. The molecule has 1 saturated heterocycles. The van der Waals surface area contributed by atoms with E-state index in [1.54, 1.807) is 7.11 Å². The van der Waals surface area contributed by atoms with Crippen molar-refractivity contribution in [3.8, 4) is 5.75 Å². The number of aromatic nitrogens is 2. The first-order valence-corrected chi connectivity index (χ1v) is 13.1. The molecular formula is C31H34N4O2. The summed E-state index contributed by atoms with van der Waals surface area (Å²) in [6, 6.07) is 22.4. The van der Waals surface area contributed by atoms with Crippen LogP contribution >= 0.6 is 0 Å². The van der Waals surface area contributed by atoms with E-state index in [-0.39, 0.29) is 5.91 Å². The summed E-state index contributed by atoms with van der Waals surface area (Å²) in [6.45, 7) is 7.12. The maximum Gasteiger partial charge on any atom is 0.253 e. The molecule has 6 nitrogen and oxygen atoms in total. The van der Waals surface area contributed by atoms with Gasteiger partial charge >= 0.3 is 0 Å². The van der Waals surface area contributed by atoms with Crippen molar-refractivity contribution < 1.29 is 9.53 Å². The van der Waals surface area contributed by atoms with E-state index in [9.17, 15) is 4.79 Å². The number of methoxy groups -OCH3 is 1. The Labute approximate surface area is 218 Å². The van der Waals surface area contributed by atoms with Crippen molar-refractivity contribution in [2.75, 3.05) is 38.2 Å². The van der Waals surface area contributed by atoms with Gasteiger partial charge in [-0.3, -0.25) is 4.79 Å². The molecule has 6 heteroatoms. The fourth-order valence-corrected chi connectivity index (χ4v) is 5.16. The van der Waals surface area contributed by atoms with E-state index in [2.05, 4.69) is 36.1 Å². The van der Waals surface area contributed by atoms with Gasteiger partial charge in [0.1, 0.15) is 17.4 Å². The van der Waals surface area contributed by atoms with E-state index in [0.29, 0.717) is 6.54 Å². The lowest BCUT2D eigenvalue weighted by molar-refractivity contribution is 0.0767. The summed E-state index contributed by atoms with van der Waals surface area (Å²) in [5.41, 5.74) is 4.21. The molecule has 0 aliphatic carbocycles. The van der Waals surface area contributed by atoms with E-state index in [4.69, 9.17) is 14.7 Å². The van der Waals surface area contributed by atoms with Gasteiger partial charge in [0.05, 0.1) is 7.11 Å². The number of benzene rings is 3. The van der Waals surface area contributed by atoms with Crippen molar-refractivity contribution in [3.05, 3.63) is 94.9 Å². The van der Waals surface area contributed by atoms with Crippen molar-refractivity contribution in [3.63, 3.8) is 0 Å². The highest BCUT2D eigenvalue weighted by atomic mass is 16.5. The Hall–Kier alpha value is -3.93. The van der Waals surface area contributed by atoms with E-state index in [0.717, 1.165) is 78.3 Å². The number of ether oxygens (including phenoxy) is 1. The molecule has 2 heterocycles. The van der Waals surface area contributed by atoms with Crippen molar-refractivity contribution in [1.29, 1.82) is 0 Å². The number of hydrogen-bond acceptors (Lipinski definition) is 5. The van der Waals surface area contributed by atoms with E-state index in [1.807, 2.05) is 54.3 Å². The molecule has 190 valence electrons. The number of aryl methyl sites for hydroxylation is 2. The van der Waals surface area contributed by atoms with Gasteiger partial charge in [-0.25, -0.2) is 9.97 Å². The molecule has 1 aliphatic heterocycles. The van der Waals surface area contributed by atoms with Crippen LogP contribution in [-0.4, -0.2) is 54.1 Å². The molecule has 1 fully saturated rings. The molecule has 1 aliphatic rings. The van der Waals surface area contributed by atoms with Gasteiger partial charge in [-0.15, -0.1) is 0 Å². The molecule has 0 bridgehead atoms. The number of amides is 1. The zero-order chi connectivity index (χ0) is 25.8. The second-order valence-corrected chi connectivity index (χ2v) is 9.59. The highest BCUT2D eigenvalue weighted by molar-refractivity contribution is 5.98. The van der Waals surface area contributed by atoms with Crippen LogP contribution in [0, 0.1) is 6.92 Å². The number of rotatable bonds is 6. The third-order valence-electron chi connectivity index (χ3n) is 7.14. The number of carbonyl (C=O) groups is 1. The molecule has 4 aromatic rings. The first-order chi connectivity index (χ1) is 18.1. The predicted molar refractivity (Wildman–Crippen MR) is 149 cm³/mol.